The van der Waals surface area contributed by atoms with Crippen molar-refractivity contribution in [3.05, 3.63) is 0 Å². The molecular weight excluding hydrogens is 253 g/mol. The van der Waals surface area contributed by atoms with Gasteiger partial charge in [-0.25, -0.2) is 4.39 Å². The zero-order chi connectivity index (χ0) is 13.6. The van der Waals surface area contributed by atoms with E-state index in [1.54, 1.807) is 0 Å². The Morgan fingerprint density at radius 1 is 0.789 bits per heavy atom. The van der Waals surface area contributed by atoms with Crippen LogP contribution in [0.2, 0.25) is 0 Å². The number of ether oxygens (including phenoxy) is 4. The number of hydrogen-bond acceptors (Lipinski definition) is 5. The largest absolute Gasteiger partial charge is 0.377 e. The van der Waals surface area contributed by atoms with E-state index in [4.69, 9.17) is 18.9 Å². The summed E-state index contributed by atoms with van der Waals surface area (Å²) in [5, 5.41) is 3.30. The summed E-state index contributed by atoms with van der Waals surface area (Å²) in [6, 6.07) is 0. The second-order valence-corrected chi connectivity index (χ2v) is 4.35. The van der Waals surface area contributed by atoms with Crippen LogP contribution in [0.15, 0.2) is 0 Å². The highest BCUT2D eigenvalue weighted by molar-refractivity contribution is 4.67. The van der Waals surface area contributed by atoms with E-state index in [1.807, 2.05) is 0 Å². The molecule has 0 aliphatic carbocycles. The van der Waals surface area contributed by atoms with Gasteiger partial charge in [0.15, 0.2) is 0 Å². The number of alkyl halides is 1. The molecule has 1 fully saturated rings. The van der Waals surface area contributed by atoms with Crippen LogP contribution in [-0.2, 0) is 18.9 Å². The average molecular weight is 279 g/mol. The highest BCUT2D eigenvalue weighted by Crippen LogP contribution is 2.06. The molecule has 1 rings (SSSR count). The number of halogens is 1. The van der Waals surface area contributed by atoms with E-state index in [0.717, 1.165) is 25.9 Å². The van der Waals surface area contributed by atoms with Crippen LogP contribution >= 0.6 is 0 Å². The van der Waals surface area contributed by atoms with Crippen molar-refractivity contribution >= 4 is 0 Å². The van der Waals surface area contributed by atoms with Crippen molar-refractivity contribution in [2.24, 2.45) is 0 Å². The monoisotopic (exact) mass is 279 g/mol. The summed E-state index contributed by atoms with van der Waals surface area (Å²) >= 11 is 0. The molecule has 1 saturated heterocycles. The third kappa shape index (κ3) is 10.2. The molecular formula is C13H26FNO4. The van der Waals surface area contributed by atoms with Crippen LogP contribution in [0.1, 0.15) is 12.8 Å². The van der Waals surface area contributed by atoms with Gasteiger partial charge in [-0.15, -0.1) is 0 Å². The topological polar surface area (TPSA) is 49.0 Å². The van der Waals surface area contributed by atoms with Crippen molar-refractivity contribution in [2.75, 3.05) is 66.0 Å². The highest BCUT2D eigenvalue weighted by atomic mass is 19.1. The number of hydrogen-bond donors (Lipinski definition) is 1. The van der Waals surface area contributed by atoms with Gasteiger partial charge in [-0.2, -0.15) is 0 Å². The van der Waals surface area contributed by atoms with Gasteiger partial charge in [0.2, 0.25) is 0 Å². The Morgan fingerprint density at radius 3 is 1.89 bits per heavy atom. The highest BCUT2D eigenvalue weighted by Gasteiger charge is 2.12. The van der Waals surface area contributed by atoms with Crippen molar-refractivity contribution < 1.29 is 23.3 Å². The van der Waals surface area contributed by atoms with Gasteiger partial charge in [0, 0.05) is 0 Å². The Bertz CT molecular complexity index is 191. The van der Waals surface area contributed by atoms with Crippen LogP contribution in [0.4, 0.5) is 4.39 Å². The van der Waals surface area contributed by atoms with Crippen molar-refractivity contribution in [1.29, 1.82) is 0 Å². The zero-order valence-corrected chi connectivity index (χ0v) is 11.6. The molecule has 114 valence electrons. The van der Waals surface area contributed by atoms with E-state index < -0.39 is 6.67 Å². The summed E-state index contributed by atoms with van der Waals surface area (Å²) in [4.78, 5) is 0. The molecule has 0 radical (unpaired) electrons. The van der Waals surface area contributed by atoms with Crippen molar-refractivity contribution in [1.82, 2.24) is 5.32 Å². The molecule has 0 unspecified atom stereocenters. The predicted molar refractivity (Wildman–Crippen MR) is 70.3 cm³/mol. The fraction of sp³-hybridized carbons (Fsp3) is 1.00. The van der Waals surface area contributed by atoms with E-state index in [9.17, 15) is 4.39 Å². The van der Waals surface area contributed by atoms with Gasteiger partial charge in [-0.3, -0.25) is 0 Å². The van der Waals surface area contributed by atoms with Crippen LogP contribution in [0.25, 0.3) is 0 Å². The summed E-state index contributed by atoms with van der Waals surface area (Å²) in [7, 11) is 0. The smallest absolute Gasteiger partial charge is 0.113 e. The minimum Gasteiger partial charge on any atom is -0.377 e. The lowest BCUT2D eigenvalue weighted by atomic mass is 10.1. The normalized spacial score (nSPS) is 16.9. The molecule has 0 spiro atoms. The Kier molecular flexibility index (Phi) is 11.3. The average Bonchev–Trinajstić information content (AvgIpc) is 2.46. The molecule has 1 aliphatic rings. The molecule has 19 heavy (non-hydrogen) atoms. The third-order valence-electron chi connectivity index (χ3n) is 2.83. The molecule has 0 saturated carbocycles. The van der Waals surface area contributed by atoms with Gasteiger partial charge >= 0.3 is 0 Å². The maximum atomic E-state index is 11.7. The minimum absolute atomic E-state index is 0.147. The summed E-state index contributed by atoms with van der Waals surface area (Å²) < 4.78 is 32.9. The molecule has 1 aliphatic heterocycles. The van der Waals surface area contributed by atoms with Gasteiger partial charge in [0.25, 0.3) is 0 Å². The van der Waals surface area contributed by atoms with Gasteiger partial charge in [0.05, 0.1) is 52.4 Å². The van der Waals surface area contributed by atoms with Crippen molar-refractivity contribution in [2.45, 2.75) is 18.9 Å². The summed E-state index contributed by atoms with van der Waals surface area (Å²) in [5.41, 5.74) is 0. The Morgan fingerprint density at radius 2 is 1.32 bits per heavy atom. The van der Waals surface area contributed by atoms with E-state index in [2.05, 4.69) is 5.32 Å². The van der Waals surface area contributed by atoms with Crippen LogP contribution in [0.5, 0.6) is 0 Å². The maximum absolute atomic E-state index is 11.7. The molecule has 0 amide bonds. The van der Waals surface area contributed by atoms with Gasteiger partial charge in [0.1, 0.15) is 6.67 Å². The second kappa shape index (κ2) is 12.7. The van der Waals surface area contributed by atoms with Crippen molar-refractivity contribution in [3.63, 3.8) is 0 Å². The SMILES string of the molecule is FCCOCCOCCOCCOC1CCNCC1. The molecule has 1 N–H and O–H groups in total. The van der Waals surface area contributed by atoms with E-state index in [-0.39, 0.29) is 6.61 Å². The van der Waals surface area contributed by atoms with E-state index in [1.165, 1.54) is 0 Å². The fourth-order valence-electron chi connectivity index (χ4n) is 1.83. The molecule has 1 heterocycles. The quantitative estimate of drug-likeness (QED) is 0.535. The number of nitrogens with one attached hydrogen (secondary N) is 1. The number of rotatable bonds is 12. The first-order chi connectivity index (χ1) is 9.43. The fourth-order valence-corrected chi connectivity index (χ4v) is 1.83. The maximum Gasteiger partial charge on any atom is 0.113 e. The van der Waals surface area contributed by atoms with E-state index >= 15 is 0 Å². The molecule has 0 atom stereocenters. The van der Waals surface area contributed by atoms with Gasteiger partial charge < -0.3 is 24.3 Å². The molecule has 0 aromatic carbocycles. The standard InChI is InChI=1S/C13H26FNO4/c14-3-6-16-7-8-17-9-10-18-11-12-19-13-1-4-15-5-2-13/h13,15H,1-12H2. The first-order valence-corrected chi connectivity index (χ1v) is 7.05. The predicted octanol–water partition coefficient (Wildman–Crippen LogP) is 0.774. The summed E-state index contributed by atoms with van der Waals surface area (Å²) in [5.74, 6) is 0. The Hall–Kier alpha value is -0.270. The Labute approximate surface area is 114 Å². The third-order valence-corrected chi connectivity index (χ3v) is 2.83. The molecule has 0 bridgehead atoms. The van der Waals surface area contributed by atoms with Crippen LogP contribution < -0.4 is 5.32 Å². The molecule has 6 heteroatoms. The van der Waals surface area contributed by atoms with Crippen LogP contribution in [-0.4, -0.2) is 72.1 Å². The van der Waals surface area contributed by atoms with Gasteiger partial charge in [-0.05, 0) is 25.9 Å². The molecule has 0 aromatic heterocycles. The lowest BCUT2D eigenvalue weighted by Crippen LogP contribution is -2.33. The molecule has 5 nitrogen and oxygen atoms in total. The first kappa shape index (κ1) is 16.8. The zero-order valence-electron chi connectivity index (χ0n) is 11.6. The van der Waals surface area contributed by atoms with E-state index in [0.29, 0.717) is 45.7 Å². The minimum atomic E-state index is -0.444. The lowest BCUT2D eigenvalue weighted by Gasteiger charge is -2.22. The Balaban J connectivity index is 1.71. The first-order valence-electron chi connectivity index (χ1n) is 7.05. The van der Waals surface area contributed by atoms with Crippen LogP contribution in [0, 0.1) is 0 Å². The summed E-state index contributed by atoms with van der Waals surface area (Å²) in [6.45, 7) is 5.04. The molecule has 0 aromatic rings. The van der Waals surface area contributed by atoms with Crippen molar-refractivity contribution in [3.8, 4) is 0 Å². The lowest BCUT2D eigenvalue weighted by molar-refractivity contribution is -0.0255. The van der Waals surface area contributed by atoms with Gasteiger partial charge in [-0.1, -0.05) is 0 Å². The number of piperidine rings is 1. The summed E-state index contributed by atoms with van der Waals surface area (Å²) in [6.07, 6.45) is 2.55. The van der Waals surface area contributed by atoms with Crippen LogP contribution in [0.3, 0.4) is 0 Å². The second-order valence-electron chi connectivity index (χ2n) is 4.35.